The fourth-order valence-electron chi connectivity index (χ4n) is 2.63. The van der Waals surface area contributed by atoms with Gasteiger partial charge in [-0.3, -0.25) is 0 Å². The third-order valence-electron chi connectivity index (χ3n) is 3.94. The van der Waals surface area contributed by atoms with Gasteiger partial charge in [0.2, 0.25) is 5.60 Å². The van der Waals surface area contributed by atoms with E-state index in [2.05, 4.69) is 0 Å². The van der Waals surface area contributed by atoms with Crippen LogP contribution in [0.15, 0.2) is 36.1 Å². The lowest BCUT2D eigenvalue weighted by Gasteiger charge is -2.32. The minimum absolute atomic E-state index is 0.147. The van der Waals surface area contributed by atoms with Crippen LogP contribution in [0.1, 0.15) is 12.0 Å². The van der Waals surface area contributed by atoms with Gasteiger partial charge in [0.1, 0.15) is 5.76 Å². The largest absolute Gasteiger partial charge is 0.497 e. The summed E-state index contributed by atoms with van der Waals surface area (Å²) in [5.41, 5.74) is 0.0964. The van der Waals surface area contributed by atoms with Gasteiger partial charge >= 0.3 is 5.97 Å². The summed E-state index contributed by atoms with van der Waals surface area (Å²) in [5.74, 6) is 0.346. The summed E-state index contributed by atoms with van der Waals surface area (Å²) in [6.45, 7) is 0. The first kappa shape index (κ1) is 16.9. The highest BCUT2D eigenvalue weighted by Crippen LogP contribution is 2.39. The molecule has 1 aliphatic rings. The number of allylic oxidation sites excluding steroid dienone is 2. The van der Waals surface area contributed by atoms with Crippen LogP contribution in [0.5, 0.6) is 11.5 Å². The number of ether oxygens (including phenoxy) is 4. The molecule has 1 atom stereocenters. The van der Waals surface area contributed by atoms with Crippen molar-refractivity contribution in [2.75, 3.05) is 28.4 Å². The van der Waals surface area contributed by atoms with Crippen molar-refractivity contribution < 1.29 is 28.8 Å². The Labute approximate surface area is 134 Å². The quantitative estimate of drug-likeness (QED) is 0.868. The highest BCUT2D eigenvalue weighted by atomic mass is 16.6. The van der Waals surface area contributed by atoms with Crippen LogP contribution in [0, 0.1) is 0 Å². The number of rotatable bonds is 6. The first-order valence-corrected chi connectivity index (χ1v) is 6.98. The molecule has 0 bridgehead atoms. The van der Waals surface area contributed by atoms with Gasteiger partial charge in [-0.2, -0.15) is 0 Å². The van der Waals surface area contributed by atoms with E-state index in [4.69, 9.17) is 18.9 Å². The zero-order chi connectivity index (χ0) is 17.0. The van der Waals surface area contributed by atoms with E-state index in [1.165, 1.54) is 14.2 Å². The third-order valence-corrected chi connectivity index (χ3v) is 3.94. The molecule has 0 amide bonds. The summed E-state index contributed by atoms with van der Waals surface area (Å²) in [6.07, 6.45) is 3.58. The van der Waals surface area contributed by atoms with Crippen molar-refractivity contribution in [3.63, 3.8) is 0 Å². The van der Waals surface area contributed by atoms with Gasteiger partial charge in [-0.05, 0) is 29.3 Å². The minimum Gasteiger partial charge on any atom is -0.497 e. The van der Waals surface area contributed by atoms with E-state index < -0.39 is 11.6 Å². The molecule has 1 aromatic rings. The molecule has 1 aliphatic carbocycles. The average Bonchev–Trinajstić information content (AvgIpc) is 2.60. The molecular weight excluding hydrogens is 300 g/mol. The van der Waals surface area contributed by atoms with E-state index in [1.54, 1.807) is 32.4 Å². The van der Waals surface area contributed by atoms with Gasteiger partial charge in [-0.1, -0.05) is 12.1 Å². The van der Waals surface area contributed by atoms with Gasteiger partial charge in [0, 0.05) is 13.5 Å². The summed E-state index contributed by atoms with van der Waals surface area (Å²) in [4.78, 5) is 11.8. The Kier molecular flexibility index (Phi) is 4.95. The van der Waals surface area contributed by atoms with Crippen molar-refractivity contribution in [3.05, 3.63) is 41.7 Å². The molecule has 0 heterocycles. The predicted octanol–water partition coefficient (Wildman–Crippen LogP) is 2.49. The van der Waals surface area contributed by atoms with Crippen molar-refractivity contribution in [2.24, 2.45) is 0 Å². The highest BCUT2D eigenvalue weighted by molar-refractivity contribution is 5.87. The Morgan fingerprint density at radius 1 is 1.04 bits per heavy atom. The van der Waals surface area contributed by atoms with Crippen LogP contribution in [0.25, 0.3) is 5.57 Å². The summed E-state index contributed by atoms with van der Waals surface area (Å²) < 4.78 is 21.0. The van der Waals surface area contributed by atoms with Gasteiger partial charge in [0.15, 0.2) is 11.5 Å². The van der Waals surface area contributed by atoms with E-state index in [-0.39, 0.29) is 12.2 Å². The molecule has 1 unspecified atom stereocenters. The van der Waals surface area contributed by atoms with Crippen LogP contribution in [0.3, 0.4) is 0 Å². The Morgan fingerprint density at radius 2 is 1.74 bits per heavy atom. The second-order valence-corrected chi connectivity index (χ2v) is 5.01. The third kappa shape index (κ3) is 2.90. The number of carboxylic acids is 1. The van der Waals surface area contributed by atoms with Gasteiger partial charge in [0.05, 0.1) is 21.3 Å². The van der Waals surface area contributed by atoms with E-state index in [0.717, 1.165) is 11.1 Å². The van der Waals surface area contributed by atoms with Crippen LogP contribution in [-0.4, -0.2) is 45.1 Å². The molecule has 0 aromatic heterocycles. The summed E-state index contributed by atoms with van der Waals surface area (Å²) in [5, 5.41) is 9.62. The van der Waals surface area contributed by atoms with Gasteiger partial charge in [-0.25, -0.2) is 4.79 Å². The minimum atomic E-state index is -1.54. The molecular formula is C17H20O6. The average molecular weight is 320 g/mol. The molecule has 0 spiro atoms. The van der Waals surface area contributed by atoms with Crippen LogP contribution < -0.4 is 9.47 Å². The lowest BCUT2D eigenvalue weighted by molar-refractivity contribution is -0.161. The van der Waals surface area contributed by atoms with Crippen molar-refractivity contribution in [1.29, 1.82) is 0 Å². The molecule has 0 aliphatic heterocycles. The fourth-order valence-corrected chi connectivity index (χ4v) is 2.63. The second-order valence-electron chi connectivity index (χ2n) is 5.01. The SMILES string of the molecule is COC1=CC=C(c2ccc(OC)c(OC)c2)CC1(OC)C(=O)O. The number of aliphatic carboxylic acids is 1. The van der Waals surface area contributed by atoms with Crippen molar-refractivity contribution in [2.45, 2.75) is 12.0 Å². The maximum Gasteiger partial charge on any atom is 0.344 e. The molecule has 0 radical (unpaired) electrons. The maximum atomic E-state index is 11.8. The maximum absolute atomic E-state index is 11.8. The highest BCUT2D eigenvalue weighted by Gasteiger charge is 2.46. The Balaban J connectivity index is 2.47. The van der Waals surface area contributed by atoms with Crippen LogP contribution in [0.2, 0.25) is 0 Å². The molecule has 6 nitrogen and oxygen atoms in total. The lowest BCUT2D eigenvalue weighted by atomic mass is 9.84. The first-order chi connectivity index (χ1) is 11.0. The van der Waals surface area contributed by atoms with E-state index in [9.17, 15) is 9.90 Å². The van der Waals surface area contributed by atoms with Crippen LogP contribution in [-0.2, 0) is 14.3 Å². The van der Waals surface area contributed by atoms with Gasteiger partial charge in [-0.15, -0.1) is 0 Å². The molecule has 2 rings (SSSR count). The molecule has 124 valence electrons. The van der Waals surface area contributed by atoms with Crippen molar-refractivity contribution in [3.8, 4) is 11.5 Å². The standard InChI is InChI=1S/C17H20O6/c1-20-13-7-5-11(9-14(13)21-2)12-6-8-15(22-3)17(10-12,23-4)16(18)19/h5-9H,10H2,1-4H3,(H,18,19). The normalized spacial score (nSPS) is 20.3. The Morgan fingerprint density at radius 3 is 2.26 bits per heavy atom. The summed E-state index contributed by atoms with van der Waals surface area (Å²) >= 11 is 0. The first-order valence-electron chi connectivity index (χ1n) is 6.98. The Hall–Kier alpha value is -2.47. The predicted molar refractivity (Wildman–Crippen MR) is 84.6 cm³/mol. The van der Waals surface area contributed by atoms with E-state index >= 15 is 0 Å². The number of carbonyl (C=O) groups is 1. The number of methoxy groups -OCH3 is 4. The number of hydrogen-bond acceptors (Lipinski definition) is 5. The summed E-state index contributed by atoms with van der Waals surface area (Å²) in [6, 6.07) is 5.43. The molecule has 1 N–H and O–H groups in total. The molecule has 0 saturated carbocycles. The molecule has 23 heavy (non-hydrogen) atoms. The topological polar surface area (TPSA) is 74.2 Å². The lowest BCUT2D eigenvalue weighted by Crippen LogP contribution is -2.44. The molecule has 6 heteroatoms. The Bertz CT molecular complexity index is 661. The smallest absolute Gasteiger partial charge is 0.344 e. The zero-order valence-electron chi connectivity index (χ0n) is 13.6. The molecule has 1 aromatic carbocycles. The van der Waals surface area contributed by atoms with Gasteiger partial charge in [0.25, 0.3) is 0 Å². The van der Waals surface area contributed by atoms with Crippen LogP contribution >= 0.6 is 0 Å². The van der Waals surface area contributed by atoms with Gasteiger partial charge < -0.3 is 24.1 Å². The van der Waals surface area contributed by atoms with E-state index in [0.29, 0.717) is 11.5 Å². The molecule has 0 fully saturated rings. The van der Waals surface area contributed by atoms with E-state index in [1.807, 2.05) is 12.1 Å². The fraction of sp³-hybridized carbons (Fsp3) is 0.353. The number of benzene rings is 1. The zero-order valence-corrected chi connectivity index (χ0v) is 13.6. The van der Waals surface area contributed by atoms with Crippen molar-refractivity contribution in [1.82, 2.24) is 0 Å². The molecule has 0 saturated heterocycles. The van der Waals surface area contributed by atoms with Crippen molar-refractivity contribution >= 4 is 11.5 Å². The van der Waals surface area contributed by atoms with Crippen LogP contribution in [0.4, 0.5) is 0 Å². The summed E-state index contributed by atoms with van der Waals surface area (Å²) in [7, 11) is 5.90. The second kappa shape index (κ2) is 6.75. The number of carboxylic acid groups (broad SMARTS) is 1. The number of hydrogen-bond donors (Lipinski definition) is 1. The monoisotopic (exact) mass is 320 g/mol.